The maximum Gasteiger partial charge on any atom is 0.251 e. The van der Waals surface area contributed by atoms with E-state index >= 15 is 0 Å². The molecule has 1 amide bonds. The predicted molar refractivity (Wildman–Crippen MR) is 80.0 cm³/mol. The molecule has 1 aliphatic rings. The van der Waals surface area contributed by atoms with Crippen LogP contribution in [0, 0.1) is 0 Å². The number of aryl methyl sites for hydroxylation is 1. The van der Waals surface area contributed by atoms with Crippen molar-refractivity contribution in [3.05, 3.63) is 53.9 Å². The number of amides is 1. The molecular formula is C16H19N3O. The lowest BCUT2D eigenvalue weighted by Gasteiger charge is -2.18. The van der Waals surface area contributed by atoms with Crippen LogP contribution in [0.25, 0.3) is 0 Å². The third-order valence-electron chi connectivity index (χ3n) is 3.63. The summed E-state index contributed by atoms with van der Waals surface area (Å²) in [5.74, 6) is 0.00512. The first kappa shape index (κ1) is 12.8. The van der Waals surface area contributed by atoms with Gasteiger partial charge in [0.1, 0.15) is 0 Å². The molecule has 0 radical (unpaired) electrons. The van der Waals surface area contributed by atoms with E-state index in [1.54, 1.807) is 0 Å². The van der Waals surface area contributed by atoms with E-state index in [9.17, 15) is 4.79 Å². The predicted octanol–water partition coefficient (Wildman–Crippen LogP) is 2.28. The van der Waals surface area contributed by atoms with Crippen molar-refractivity contribution in [1.82, 2.24) is 9.88 Å². The summed E-state index contributed by atoms with van der Waals surface area (Å²) in [4.78, 5) is 12.1. The Morgan fingerprint density at radius 2 is 2.15 bits per heavy atom. The van der Waals surface area contributed by atoms with Crippen LogP contribution in [-0.4, -0.2) is 23.6 Å². The van der Waals surface area contributed by atoms with Crippen LogP contribution in [0.3, 0.4) is 0 Å². The number of rotatable bonds is 4. The largest absolute Gasteiger partial charge is 0.385 e. The van der Waals surface area contributed by atoms with Crippen molar-refractivity contribution in [3.63, 3.8) is 0 Å². The minimum atomic E-state index is 0.00512. The number of hydrogen-bond acceptors (Lipinski definition) is 2. The summed E-state index contributed by atoms with van der Waals surface area (Å²) < 4.78 is 2.05. The number of carbonyl (C=O) groups is 1. The second-order valence-electron chi connectivity index (χ2n) is 5.08. The Kier molecular flexibility index (Phi) is 3.72. The highest BCUT2D eigenvalue weighted by atomic mass is 16.1. The van der Waals surface area contributed by atoms with Gasteiger partial charge in [0.05, 0.1) is 0 Å². The topological polar surface area (TPSA) is 46.1 Å². The Balaban J connectivity index is 1.59. The van der Waals surface area contributed by atoms with E-state index in [1.165, 1.54) is 11.3 Å². The molecule has 2 aromatic rings. The van der Waals surface area contributed by atoms with Crippen molar-refractivity contribution in [1.29, 1.82) is 0 Å². The van der Waals surface area contributed by atoms with Gasteiger partial charge in [0, 0.05) is 43.3 Å². The number of aromatic nitrogens is 1. The third-order valence-corrected chi connectivity index (χ3v) is 3.63. The van der Waals surface area contributed by atoms with Crippen molar-refractivity contribution in [3.8, 4) is 0 Å². The first-order chi connectivity index (χ1) is 9.83. The Hall–Kier alpha value is -2.23. The number of benzene rings is 1. The highest BCUT2D eigenvalue weighted by molar-refractivity contribution is 5.94. The zero-order valence-electron chi connectivity index (χ0n) is 11.4. The van der Waals surface area contributed by atoms with Crippen molar-refractivity contribution < 1.29 is 4.79 Å². The van der Waals surface area contributed by atoms with Crippen LogP contribution in [0.2, 0.25) is 0 Å². The lowest BCUT2D eigenvalue weighted by atomic mass is 10.0. The maximum atomic E-state index is 12.1. The fourth-order valence-corrected chi connectivity index (χ4v) is 2.54. The molecule has 0 bridgehead atoms. The van der Waals surface area contributed by atoms with Gasteiger partial charge in [-0.05, 0) is 48.7 Å². The van der Waals surface area contributed by atoms with E-state index in [4.69, 9.17) is 0 Å². The summed E-state index contributed by atoms with van der Waals surface area (Å²) in [6, 6.07) is 9.88. The molecule has 3 rings (SSSR count). The van der Waals surface area contributed by atoms with Gasteiger partial charge < -0.3 is 15.2 Å². The van der Waals surface area contributed by atoms with Crippen molar-refractivity contribution in [2.24, 2.45) is 0 Å². The minimum Gasteiger partial charge on any atom is -0.385 e. The Bertz CT molecular complexity index is 590. The molecule has 4 nitrogen and oxygen atoms in total. The van der Waals surface area contributed by atoms with Gasteiger partial charge in [-0.2, -0.15) is 0 Å². The smallest absolute Gasteiger partial charge is 0.251 e. The number of nitrogens with zero attached hydrogens (tertiary/aromatic N) is 1. The van der Waals surface area contributed by atoms with Crippen LogP contribution in [0.5, 0.6) is 0 Å². The number of carbonyl (C=O) groups excluding carboxylic acids is 1. The van der Waals surface area contributed by atoms with E-state index in [1.807, 2.05) is 42.7 Å². The molecule has 0 atom stereocenters. The number of anilines is 1. The first-order valence-corrected chi connectivity index (χ1v) is 7.09. The van der Waals surface area contributed by atoms with Gasteiger partial charge in [0.2, 0.25) is 0 Å². The van der Waals surface area contributed by atoms with Crippen LogP contribution in [-0.2, 0) is 13.0 Å². The van der Waals surface area contributed by atoms with Crippen LogP contribution >= 0.6 is 0 Å². The second kappa shape index (κ2) is 5.82. The highest BCUT2D eigenvalue weighted by Crippen LogP contribution is 2.22. The molecule has 0 saturated carbocycles. The second-order valence-corrected chi connectivity index (χ2v) is 5.08. The zero-order chi connectivity index (χ0) is 13.8. The minimum absolute atomic E-state index is 0.00512. The molecule has 4 heteroatoms. The molecule has 0 fully saturated rings. The molecule has 1 aromatic heterocycles. The number of nitrogens with one attached hydrogen (secondary N) is 2. The summed E-state index contributed by atoms with van der Waals surface area (Å²) in [7, 11) is 0. The first-order valence-electron chi connectivity index (χ1n) is 7.09. The normalized spacial score (nSPS) is 13.4. The van der Waals surface area contributed by atoms with E-state index in [2.05, 4.69) is 15.2 Å². The molecule has 0 spiro atoms. The van der Waals surface area contributed by atoms with Gasteiger partial charge in [-0.3, -0.25) is 4.79 Å². The summed E-state index contributed by atoms with van der Waals surface area (Å²) in [6.45, 7) is 2.46. The lowest BCUT2D eigenvalue weighted by molar-refractivity contribution is 0.0952. The molecule has 20 heavy (non-hydrogen) atoms. The molecule has 2 heterocycles. The monoisotopic (exact) mass is 269 g/mol. The molecule has 2 N–H and O–H groups in total. The molecule has 1 aromatic carbocycles. The molecule has 0 saturated heterocycles. The lowest BCUT2D eigenvalue weighted by Crippen LogP contribution is -2.27. The van der Waals surface area contributed by atoms with Crippen LogP contribution < -0.4 is 10.6 Å². The summed E-state index contributed by atoms with van der Waals surface area (Å²) in [6.07, 6.45) is 6.17. The van der Waals surface area contributed by atoms with E-state index < -0.39 is 0 Å². The summed E-state index contributed by atoms with van der Waals surface area (Å²) in [5, 5.41) is 6.32. The van der Waals surface area contributed by atoms with Crippen molar-refractivity contribution in [2.75, 3.05) is 18.4 Å². The standard InChI is InChI=1S/C16H19N3O/c20-16(18-8-11-19-9-1-2-10-19)14-5-6-15-13(12-14)4-3-7-17-15/h1-2,5-6,9-10,12,17H,3-4,7-8,11H2,(H,18,20). The van der Waals surface area contributed by atoms with Gasteiger partial charge in [0.25, 0.3) is 5.91 Å². The number of fused-ring (bicyclic) bond motifs is 1. The van der Waals surface area contributed by atoms with Crippen LogP contribution in [0.4, 0.5) is 5.69 Å². The van der Waals surface area contributed by atoms with Crippen LogP contribution in [0.1, 0.15) is 22.3 Å². The zero-order valence-corrected chi connectivity index (χ0v) is 11.4. The maximum absolute atomic E-state index is 12.1. The van der Waals surface area contributed by atoms with Crippen LogP contribution in [0.15, 0.2) is 42.7 Å². The average molecular weight is 269 g/mol. The highest BCUT2D eigenvalue weighted by Gasteiger charge is 2.12. The quantitative estimate of drug-likeness (QED) is 0.894. The third kappa shape index (κ3) is 2.85. The van der Waals surface area contributed by atoms with E-state index in [0.717, 1.165) is 31.5 Å². The van der Waals surface area contributed by atoms with Gasteiger partial charge in [-0.1, -0.05) is 0 Å². The summed E-state index contributed by atoms with van der Waals surface area (Å²) >= 11 is 0. The van der Waals surface area contributed by atoms with Gasteiger partial charge >= 0.3 is 0 Å². The fraction of sp³-hybridized carbons (Fsp3) is 0.312. The molecule has 0 aliphatic carbocycles. The van der Waals surface area contributed by atoms with Gasteiger partial charge in [0.15, 0.2) is 0 Å². The molecule has 1 aliphatic heterocycles. The Morgan fingerprint density at radius 1 is 1.30 bits per heavy atom. The van der Waals surface area contributed by atoms with Gasteiger partial charge in [-0.15, -0.1) is 0 Å². The summed E-state index contributed by atoms with van der Waals surface area (Å²) in [5.41, 5.74) is 3.16. The number of hydrogen-bond donors (Lipinski definition) is 2. The van der Waals surface area contributed by atoms with E-state index in [-0.39, 0.29) is 5.91 Å². The van der Waals surface area contributed by atoms with Crippen molar-refractivity contribution in [2.45, 2.75) is 19.4 Å². The Labute approximate surface area is 118 Å². The SMILES string of the molecule is O=C(NCCn1cccc1)c1ccc2c(c1)CCCN2. The van der Waals surface area contributed by atoms with Crippen molar-refractivity contribution >= 4 is 11.6 Å². The Morgan fingerprint density at radius 3 is 3.00 bits per heavy atom. The molecular weight excluding hydrogens is 250 g/mol. The molecule has 104 valence electrons. The van der Waals surface area contributed by atoms with Gasteiger partial charge in [-0.25, -0.2) is 0 Å². The fourth-order valence-electron chi connectivity index (χ4n) is 2.54. The van der Waals surface area contributed by atoms with E-state index in [0.29, 0.717) is 6.54 Å². The average Bonchev–Trinajstić information content (AvgIpc) is 3.00. The molecule has 0 unspecified atom stereocenters.